The molecule has 1 fully saturated rings. The van der Waals surface area contributed by atoms with Gasteiger partial charge < -0.3 is 0 Å². The highest BCUT2D eigenvalue weighted by Crippen LogP contribution is 2.18. The van der Waals surface area contributed by atoms with Gasteiger partial charge in [-0.3, -0.25) is 4.90 Å². The Morgan fingerprint density at radius 3 is 2.53 bits per heavy atom. The van der Waals surface area contributed by atoms with E-state index in [1.165, 1.54) is 11.1 Å². The first kappa shape index (κ1) is 12.0. The monoisotopic (exact) mass is 230 g/mol. The van der Waals surface area contributed by atoms with Crippen LogP contribution in [0.5, 0.6) is 0 Å². The molecule has 1 aliphatic heterocycles. The number of nitrogens with zero attached hydrogens (tertiary/aromatic N) is 4. The van der Waals surface area contributed by atoms with Crippen molar-refractivity contribution in [2.45, 2.75) is 32.4 Å². The largest absolute Gasteiger partial charge is 0.298 e. The minimum atomic E-state index is 0.176. The molecule has 0 N–H and O–H groups in total. The summed E-state index contributed by atoms with van der Waals surface area (Å²) < 4.78 is 0. The number of hydrogen-bond donors (Lipinski definition) is 0. The van der Waals surface area contributed by atoms with Crippen molar-refractivity contribution in [2.24, 2.45) is 5.11 Å². The quantitative estimate of drug-likeness (QED) is 0.445. The van der Waals surface area contributed by atoms with Crippen LogP contribution in [-0.4, -0.2) is 24.0 Å². The normalized spacial score (nSPS) is 16.6. The molecule has 4 nitrogen and oxygen atoms in total. The van der Waals surface area contributed by atoms with E-state index in [1.807, 2.05) is 0 Å². The molecule has 1 heterocycles. The summed E-state index contributed by atoms with van der Waals surface area (Å²) in [6.45, 7) is 7.13. The van der Waals surface area contributed by atoms with Crippen molar-refractivity contribution in [1.82, 2.24) is 4.90 Å². The predicted molar refractivity (Wildman–Crippen MR) is 68.7 cm³/mol. The maximum absolute atomic E-state index is 8.30. The van der Waals surface area contributed by atoms with Gasteiger partial charge in [-0.2, -0.15) is 0 Å². The SMILES string of the molecule is CC(C)c1ccc(CN2CC(N=[N+]=[N-])C2)cc1. The van der Waals surface area contributed by atoms with Crippen LogP contribution in [0.25, 0.3) is 10.4 Å². The van der Waals surface area contributed by atoms with Crippen molar-refractivity contribution in [3.05, 3.63) is 45.8 Å². The van der Waals surface area contributed by atoms with E-state index in [0.717, 1.165) is 19.6 Å². The molecule has 17 heavy (non-hydrogen) atoms. The molecule has 4 heteroatoms. The van der Waals surface area contributed by atoms with Crippen LogP contribution >= 0.6 is 0 Å². The molecule has 1 aromatic carbocycles. The second-order valence-electron chi connectivity index (χ2n) is 4.95. The highest BCUT2D eigenvalue weighted by Gasteiger charge is 2.25. The lowest BCUT2D eigenvalue weighted by Crippen LogP contribution is -2.48. The van der Waals surface area contributed by atoms with Crippen molar-refractivity contribution in [2.75, 3.05) is 13.1 Å². The smallest absolute Gasteiger partial charge is 0.0628 e. The fourth-order valence-electron chi connectivity index (χ4n) is 2.08. The Morgan fingerprint density at radius 1 is 1.35 bits per heavy atom. The zero-order valence-electron chi connectivity index (χ0n) is 10.4. The van der Waals surface area contributed by atoms with Gasteiger partial charge in [0.2, 0.25) is 0 Å². The average Bonchev–Trinajstić information content (AvgIpc) is 2.27. The van der Waals surface area contributed by atoms with E-state index in [9.17, 15) is 0 Å². The first-order valence-corrected chi connectivity index (χ1v) is 6.04. The molecule has 0 aromatic heterocycles. The first-order valence-electron chi connectivity index (χ1n) is 6.04. The number of hydrogen-bond acceptors (Lipinski definition) is 2. The zero-order chi connectivity index (χ0) is 12.3. The average molecular weight is 230 g/mol. The fraction of sp³-hybridized carbons (Fsp3) is 0.538. The maximum atomic E-state index is 8.30. The molecule has 90 valence electrons. The summed E-state index contributed by atoms with van der Waals surface area (Å²) >= 11 is 0. The number of rotatable bonds is 4. The second kappa shape index (κ2) is 5.21. The molecule has 0 amide bonds. The molecule has 0 spiro atoms. The van der Waals surface area contributed by atoms with Crippen molar-refractivity contribution in [1.29, 1.82) is 0 Å². The summed E-state index contributed by atoms with van der Waals surface area (Å²) in [5.41, 5.74) is 11.0. The van der Waals surface area contributed by atoms with Gasteiger partial charge in [0.15, 0.2) is 0 Å². The Bertz CT molecular complexity index is 412. The molecule has 0 bridgehead atoms. The lowest BCUT2D eigenvalue weighted by molar-refractivity contribution is 0.142. The minimum Gasteiger partial charge on any atom is -0.298 e. The lowest BCUT2D eigenvalue weighted by Gasteiger charge is -2.36. The van der Waals surface area contributed by atoms with Crippen molar-refractivity contribution >= 4 is 0 Å². The Balaban J connectivity index is 1.86. The Hall–Kier alpha value is -1.51. The highest BCUT2D eigenvalue weighted by molar-refractivity contribution is 5.24. The maximum Gasteiger partial charge on any atom is 0.0628 e. The standard InChI is InChI=1S/C13H18N4/c1-10(2)12-5-3-11(4-6-12)7-17-8-13(9-17)15-16-14/h3-6,10,13H,7-9H2,1-2H3. The molecular weight excluding hydrogens is 212 g/mol. The minimum absolute atomic E-state index is 0.176. The van der Waals surface area contributed by atoms with Crippen LogP contribution < -0.4 is 0 Å². The van der Waals surface area contributed by atoms with Crippen LogP contribution in [0.3, 0.4) is 0 Å². The van der Waals surface area contributed by atoms with Gasteiger partial charge in [-0.15, -0.1) is 0 Å². The third kappa shape index (κ3) is 2.99. The molecular formula is C13H18N4. The molecule has 2 rings (SSSR count). The highest BCUT2D eigenvalue weighted by atomic mass is 15.3. The van der Waals surface area contributed by atoms with Gasteiger partial charge in [0, 0.05) is 24.5 Å². The van der Waals surface area contributed by atoms with Crippen LogP contribution in [0.15, 0.2) is 29.4 Å². The molecule has 0 unspecified atom stereocenters. The van der Waals surface area contributed by atoms with Gasteiger partial charge in [0.25, 0.3) is 0 Å². The van der Waals surface area contributed by atoms with Gasteiger partial charge in [0.1, 0.15) is 0 Å². The van der Waals surface area contributed by atoms with Crippen molar-refractivity contribution in [3.63, 3.8) is 0 Å². The summed E-state index contributed by atoms with van der Waals surface area (Å²) in [5, 5.41) is 3.70. The van der Waals surface area contributed by atoms with E-state index in [-0.39, 0.29) is 6.04 Å². The Morgan fingerprint density at radius 2 is 2.00 bits per heavy atom. The Kier molecular flexibility index (Phi) is 3.67. The summed E-state index contributed by atoms with van der Waals surface area (Å²) in [7, 11) is 0. The van der Waals surface area contributed by atoms with E-state index >= 15 is 0 Å². The van der Waals surface area contributed by atoms with Gasteiger partial charge in [-0.25, -0.2) is 0 Å². The van der Waals surface area contributed by atoms with Gasteiger partial charge in [0.05, 0.1) is 6.04 Å². The zero-order valence-corrected chi connectivity index (χ0v) is 10.4. The predicted octanol–water partition coefficient (Wildman–Crippen LogP) is 3.30. The van der Waals surface area contributed by atoms with Crippen LogP contribution in [0.1, 0.15) is 30.9 Å². The number of likely N-dealkylation sites (tertiary alicyclic amines) is 1. The van der Waals surface area contributed by atoms with Gasteiger partial charge >= 0.3 is 0 Å². The molecule has 1 aliphatic rings. The summed E-state index contributed by atoms with van der Waals surface area (Å²) in [4.78, 5) is 5.12. The van der Waals surface area contributed by atoms with Crippen molar-refractivity contribution in [3.8, 4) is 0 Å². The molecule has 0 aliphatic carbocycles. The van der Waals surface area contributed by atoms with E-state index < -0.39 is 0 Å². The van der Waals surface area contributed by atoms with Crippen LogP contribution in [0.2, 0.25) is 0 Å². The molecule has 1 aromatic rings. The van der Waals surface area contributed by atoms with E-state index in [2.05, 4.69) is 53.0 Å². The molecule has 0 atom stereocenters. The number of azide groups is 1. The third-order valence-electron chi connectivity index (χ3n) is 3.21. The molecule has 0 radical (unpaired) electrons. The Labute approximate surface area is 102 Å². The van der Waals surface area contributed by atoms with E-state index in [1.54, 1.807) is 0 Å². The summed E-state index contributed by atoms with van der Waals surface area (Å²) in [5.74, 6) is 0.586. The first-order chi connectivity index (χ1) is 8.19. The molecule has 1 saturated heterocycles. The fourth-order valence-corrected chi connectivity index (χ4v) is 2.08. The van der Waals surface area contributed by atoms with Crippen molar-refractivity contribution < 1.29 is 0 Å². The molecule has 0 saturated carbocycles. The lowest BCUT2D eigenvalue weighted by atomic mass is 10.0. The summed E-state index contributed by atoms with van der Waals surface area (Å²) in [6, 6.07) is 8.96. The van der Waals surface area contributed by atoms with Crippen LogP contribution in [-0.2, 0) is 6.54 Å². The van der Waals surface area contributed by atoms with E-state index in [4.69, 9.17) is 5.53 Å². The van der Waals surface area contributed by atoms with Gasteiger partial charge in [-0.05, 0) is 22.6 Å². The van der Waals surface area contributed by atoms with Gasteiger partial charge in [-0.1, -0.05) is 43.2 Å². The summed E-state index contributed by atoms with van der Waals surface area (Å²) in [6.07, 6.45) is 0. The van der Waals surface area contributed by atoms with Crippen LogP contribution in [0, 0.1) is 0 Å². The number of benzene rings is 1. The topological polar surface area (TPSA) is 52.0 Å². The van der Waals surface area contributed by atoms with E-state index in [0.29, 0.717) is 5.92 Å². The van der Waals surface area contributed by atoms with Crippen LogP contribution in [0.4, 0.5) is 0 Å². The third-order valence-corrected chi connectivity index (χ3v) is 3.21. The second-order valence-corrected chi connectivity index (χ2v) is 4.95.